The summed E-state index contributed by atoms with van der Waals surface area (Å²) in [5, 5.41) is 2.70. The van der Waals surface area contributed by atoms with Gasteiger partial charge in [0.25, 0.3) is 0 Å². The van der Waals surface area contributed by atoms with E-state index in [1.807, 2.05) is 26.0 Å². The van der Waals surface area contributed by atoms with Crippen LogP contribution in [0.2, 0.25) is 0 Å². The lowest BCUT2D eigenvalue weighted by atomic mass is 10.1. The number of nitrogens with one attached hydrogen (secondary N) is 1. The fourth-order valence-electron chi connectivity index (χ4n) is 2.60. The molecule has 3 rings (SSSR count). The molecule has 7 heteroatoms. The molecule has 0 radical (unpaired) electrons. The van der Waals surface area contributed by atoms with E-state index in [4.69, 9.17) is 0 Å². The minimum absolute atomic E-state index is 0.238. The molecule has 0 atom stereocenters. The van der Waals surface area contributed by atoms with E-state index >= 15 is 0 Å². The second-order valence-electron chi connectivity index (χ2n) is 6.23. The fourth-order valence-corrected chi connectivity index (χ4v) is 2.86. The summed E-state index contributed by atoms with van der Waals surface area (Å²) in [6.45, 7) is 3.68. The van der Waals surface area contributed by atoms with Crippen LogP contribution in [0.25, 0.3) is 5.69 Å². The number of carbonyl (C=O) groups is 1. The quantitative estimate of drug-likeness (QED) is 0.650. The lowest BCUT2D eigenvalue weighted by Crippen LogP contribution is -2.41. The Kier molecular flexibility index (Phi) is 5.41. The fraction of sp³-hybridized carbons (Fsp3) is 0.150. The molecule has 0 aliphatic carbocycles. The van der Waals surface area contributed by atoms with Crippen molar-refractivity contribution < 1.29 is 4.79 Å². The summed E-state index contributed by atoms with van der Waals surface area (Å²) in [5.41, 5.74) is 1.91. The average Bonchev–Trinajstić information content (AvgIpc) is 2.64. The largest absolute Gasteiger partial charge is 0.325 e. The third kappa shape index (κ3) is 4.25. The summed E-state index contributed by atoms with van der Waals surface area (Å²) in [4.78, 5) is 37.0. The molecule has 1 heterocycles. The highest BCUT2D eigenvalue weighted by molar-refractivity contribution is 9.10. The third-order valence-corrected chi connectivity index (χ3v) is 4.80. The van der Waals surface area contributed by atoms with Gasteiger partial charge in [-0.2, -0.15) is 0 Å². The van der Waals surface area contributed by atoms with Gasteiger partial charge < -0.3 is 5.32 Å². The summed E-state index contributed by atoms with van der Waals surface area (Å²) in [6, 6.07) is 12.6. The molecule has 1 aromatic heterocycles. The maximum Gasteiger partial charge on any atom is 0.320 e. The SMILES string of the molecule is Cc1ccc(-n2ccn(CC(=O)Nc3ccc(Br)cc3)c(=O)c2=O)cc1C. The van der Waals surface area contributed by atoms with E-state index in [0.717, 1.165) is 20.2 Å². The summed E-state index contributed by atoms with van der Waals surface area (Å²) in [6.07, 6.45) is 2.95. The first-order chi connectivity index (χ1) is 12.8. The minimum Gasteiger partial charge on any atom is -0.325 e. The zero-order valence-electron chi connectivity index (χ0n) is 14.9. The van der Waals surface area contributed by atoms with Crippen LogP contribution in [0.15, 0.2) is 68.9 Å². The van der Waals surface area contributed by atoms with Crippen molar-refractivity contribution in [2.45, 2.75) is 20.4 Å². The smallest absolute Gasteiger partial charge is 0.320 e. The van der Waals surface area contributed by atoms with Gasteiger partial charge in [-0.05, 0) is 61.4 Å². The first-order valence-corrected chi connectivity index (χ1v) is 9.09. The molecule has 0 fully saturated rings. The van der Waals surface area contributed by atoms with Crippen LogP contribution in [0, 0.1) is 13.8 Å². The van der Waals surface area contributed by atoms with Crippen molar-refractivity contribution in [3.63, 3.8) is 0 Å². The van der Waals surface area contributed by atoms with Crippen LogP contribution in [0.4, 0.5) is 5.69 Å². The normalized spacial score (nSPS) is 10.6. The molecule has 1 amide bonds. The number of benzene rings is 2. The monoisotopic (exact) mass is 427 g/mol. The van der Waals surface area contributed by atoms with Crippen LogP contribution >= 0.6 is 15.9 Å². The Morgan fingerprint density at radius 2 is 1.67 bits per heavy atom. The molecule has 6 nitrogen and oxygen atoms in total. The van der Waals surface area contributed by atoms with Crippen LogP contribution in [0.1, 0.15) is 11.1 Å². The highest BCUT2D eigenvalue weighted by Crippen LogP contribution is 2.14. The van der Waals surface area contributed by atoms with Crippen molar-refractivity contribution in [1.29, 1.82) is 0 Å². The number of halogens is 1. The molecule has 2 aromatic carbocycles. The molecule has 0 unspecified atom stereocenters. The molecule has 0 saturated carbocycles. The minimum atomic E-state index is -0.748. The van der Waals surface area contributed by atoms with Gasteiger partial charge in [-0.15, -0.1) is 0 Å². The Bertz CT molecular complexity index is 1110. The van der Waals surface area contributed by atoms with Gasteiger partial charge >= 0.3 is 11.1 Å². The molecular weight excluding hydrogens is 410 g/mol. The Labute approximate surface area is 164 Å². The van der Waals surface area contributed by atoms with E-state index in [0.29, 0.717) is 11.4 Å². The van der Waals surface area contributed by atoms with Crippen LogP contribution in [0.5, 0.6) is 0 Å². The number of rotatable bonds is 4. The van der Waals surface area contributed by atoms with Gasteiger partial charge in [-0.25, -0.2) is 0 Å². The number of amides is 1. The summed E-state index contributed by atoms with van der Waals surface area (Å²) in [5.74, 6) is -0.386. The molecule has 1 N–H and O–H groups in total. The third-order valence-electron chi connectivity index (χ3n) is 4.27. The van der Waals surface area contributed by atoms with E-state index in [1.165, 1.54) is 17.0 Å². The van der Waals surface area contributed by atoms with Gasteiger partial charge in [-0.3, -0.25) is 23.5 Å². The first kappa shape index (κ1) is 18.8. The molecule has 3 aromatic rings. The standard InChI is InChI=1S/C20H18BrN3O3/c1-13-3-8-17(11-14(13)2)24-10-9-23(19(26)20(24)27)12-18(25)22-16-6-4-15(21)5-7-16/h3-11H,12H2,1-2H3,(H,22,25). The average molecular weight is 428 g/mol. The van der Waals surface area contributed by atoms with Crippen LogP contribution < -0.4 is 16.4 Å². The first-order valence-electron chi connectivity index (χ1n) is 8.30. The molecule has 0 saturated heterocycles. The summed E-state index contributed by atoms with van der Waals surface area (Å²) < 4.78 is 3.29. The predicted molar refractivity (Wildman–Crippen MR) is 109 cm³/mol. The maximum absolute atomic E-state index is 12.5. The molecule has 0 aliphatic rings. The number of anilines is 1. The Morgan fingerprint density at radius 1 is 0.963 bits per heavy atom. The Hall–Kier alpha value is -2.93. The molecule has 27 heavy (non-hydrogen) atoms. The van der Waals surface area contributed by atoms with Crippen LogP contribution in [-0.2, 0) is 11.3 Å². The van der Waals surface area contributed by atoms with Crippen molar-refractivity contribution in [2.75, 3.05) is 5.32 Å². The summed E-state index contributed by atoms with van der Waals surface area (Å²) in [7, 11) is 0. The second kappa shape index (κ2) is 7.75. The molecule has 0 spiro atoms. The van der Waals surface area contributed by atoms with Crippen molar-refractivity contribution >= 4 is 27.5 Å². The van der Waals surface area contributed by atoms with Gasteiger partial charge in [0, 0.05) is 28.2 Å². The van der Waals surface area contributed by atoms with E-state index in [9.17, 15) is 14.4 Å². The lowest BCUT2D eigenvalue weighted by Gasteiger charge is -2.11. The van der Waals surface area contributed by atoms with Crippen molar-refractivity contribution in [3.05, 3.63) is 91.2 Å². The Balaban J connectivity index is 1.83. The number of hydrogen-bond donors (Lipinski definition) is 1. The number of aryl methyl sites for hydroxylation is 2. The van der Waals surface area contributed by atoms with Gasteiger partial charge in [0.2, 0.25) is 5.91 Å². The number of carbonyl (C=O) groups excluding carboxylic acids is 1. The molecule has 138 valence electrons. The molecule has 0 bridgehead atoms. The van der Waals surface area contributed by atoms with Crippen molar-refractivity contribution in [2.24, 2.45) is 0 Å². The van der Waals surface area contributed by atoms with Crippen LogP contribution in [0.3, 0.4) is 0 Å². The predicted octanol–water partition coefficient (Wildman–Crippen LogP) is 3.02. The maximum atomic E-state index is 12.5. The highest BCUT2D eigenvalue weighted by Gasteiger charge is 2.10. The zero-order chi connectivity index (χ0) is 19.6. The number of nitrogens with zero attached hydrogens (tertiary/aromatic N) is 2. The van der Waals surface area contributed by atoms with Crippen molar-refractivity contribution in [1.82, 2.24) is 9.13 Å². The number of hydrogen-bond acceptors (Lipinski definition) is 3. The molecular formula is C20H18BrN3O3. The van der Waals surface area contributed by atoms with Gasteiger partial charge in [0.15, 0.2) is 0 Å². The second-order valence-corrected chi connectivity index (χ2v) is 7.15. The summed E-state index contributed by atoms with van der Waals surface area (Å²) >= 11 is 3.32. The van der Waals surface area contributed by atoms with Gasteiger partial charge in [0.1, 0.15) is 6.54 Å². The molecule has 0 aliphatic heterocycles. The van der Waals surface area contributed by atoms with Crippen LogP contribution in [-0.4, -0.2) is 15.0 Å². The topological polar surface area (TPSA) is 73.1 Å². The van der Waals surface area contributed by atoms with Crippen molar-refractivity contribution in [3.8, 4) is 5.69 Å². The van der Waals surface area contributed by atoms with E-state index in [-0.39, 0.29) is 12.5 Å². The lowest BCUT2D eigenvalue weighted by molar-refractivity contribution is -0.116. The van der Waals surface area contributed by atoms with Gasteiger partial charge in [0.05, 0.1) is 0 Å². The highest BCUT2D eigenvalue weighted by atomic mass is 79.9. The van der Waals surface area contributed by atoms with Gasteiger partial charge in [-0.1, -0.05) is 22.0 Å². The Morgan fingerprint density at radius 3 is 2.33 bits per heavy atom. The van der Waals surface area contributed by atoms with E-state index in [1.54, 1.807) is 30.3 Å². The number of aromatic nitrogens is 2. The van der Waals surface area contributed by atoms with E-state index in [2.05, 4.69) is 21.2 Å². The van der Waals surface area contributed by atoms with E-state index < -0.39 is 11.1 Å². The zero-order valence-corrected chi connectivity index (χ0v) is 16.5.